The fraction of sp³-hybridized carbons (Fsp3) is 0.211. The van der Waals surface area contributed by atoms with Crippen molar-refractivity contribution in [3.05, 3.63) is 68.3 Å². The van der Waals surface area contributed by atoms with Crippen LogP contribution in [0.4, 0.5) is 9.52 Å². The Labute approximate surface area is 174 Å². The minimum Gasteiger partial charge on any atom is -0.490 e. The molecule has 4 nitrogen and oxygen atoms in total. The topological polar surface area (TPSA) is 43.4 Å². The largest absolute Gasteiger partial charge is 0.490 e. The number of nitrogens with one attached hydrogen (secondary N) is 1. The highest BCUT2D eigenvalue weighted by Crippen LogP contribution is 2.38. The molecule has 0 radical (unpaired) electrons. The van der Waals surface area contributed by atoms with Crippen LogP contribution in [0.1, 0.15) is 18.1 Å². The number of aromatic nitrogens is 1. The summed E-state index contributed by atoms with van der Waals surface area (Å²) in [5.41, 5.74) is 1.72. The molecule has 0 fully saturated rings. The van der Waals surface area contributed by atoms with Crippen molar-refractivity contribution in [2.24, 2.45) is 0 Å². The van der Waals surface area contributed by atoms with Crippen LogP contribution in [0, 0.1) is 5.82 Å². The van der Waals surface area contributed by atoms with Gasteiger partial charge in [0.25, 0.3) is 0 Å². The van der Waals surface area contributed by atoms with Crippen LogP contribution in [0.3, 0.4) is 0 Å². The summed E-state index contributed by atoms with van der Waals surface area (Å²) in [7, 11) is 0. The molecule has 0 amide bonds. The van der Waals surface area contributed by atoms with E-state index in [1.165, 1.54) is 12.1 Å². The minimum atomic E-state index is -0.378. The van der Waals surface area contributed by atoms with Gasteiger partial charge in [0.15, 0.2) is 16.6 Å². The lowest BCUT2D eigenvalue weighted by Crippen LogP contribution is -2.04. The summed E-state index contributed by atoms with van der Waals surface area (Å²) in [5.74, 6) is 0.827. The number of nitrogens with zero attached hydrogens (tertiary/aromatic N) is 1. The van der Waals surface area contributed by atoms with Crippen molar-refractivity contribution in [3.8, 4) is 11.5 Å². The van der Waals surface area contributed by atoms with E-state index < -0.39 is 0 Å². The minimum absolute atomic E-state index is 0.203. The lowest BCUT2D eigenvalue weighted by molar-refractivity contribution is 0.267. The quantitative estimate of drug-likeness (QED) is 0.419. The van der Waals surface area contributed by atoms with Crippen LogP contribution in [-0.4, -0.2) is 11.6 Å². The fourth-order valence-electron chi connectivity index (χ4n) is 2.40. The molecule has 0 atom stereocenters. The van der Waals surface area contributed by atoms with Crippen molar-refractivity contribution in [1.82, 2.24) is 4.98 Å². The first-order valence-electron chi connectivity index (χ1n) is 8.22. The highest BCUT2D eigenvalue weighted by Gasteiger charge is 2.14. The predicted molar refractivity (Wildman–Crippen MR) is 110 cm³/mol. The van der Waals surface area contributed by atoms with E-state index in [0.717, 1.165) is 15.2 Å². The molecule has 1 N–H and O–H groups in total. The summed E-state index contributed by atoms with van der Waals surface area (Å²) in [6.07, 6.45) is 1.76. The number of hydrogen-bond acceptors (Lipinski definition) is 5. The first-order valence-corrected chi connectivity index (χ1v) is 10.3. The lowest BCUT2D eigenvalue weighted by atomic mass is 10.2. The maximum absolute atomic E-state index is 13.2. The third kappa shape index (κ3) is 5.34. The molecule has 1 aromatic heterocycles. The Balaban J connectivity index is 1.76. The Morgan fingerprint density at radius 1 is 1.26 bits per heavy atom. The second kappa shape index (κ2) is 9.39. The zero-order valence-electron chi connectivity index (χ0n) is 14.5. The molecule has 8 heteroatoms. The monoisotopic (exact) mass is 470 g/mol. The predicted octanol–water partition coefficient (Wildman–Crippen LogP) is 6.29. The smallest absolute Gasteiger partial charge is 0.182 e. The maximum Gasteiger partial charge on any atom is 0.182 e. The standard InChI is InChI=1S/C19H17BrClFN2O2S/c1-2-25-17-8-12(10-24-19-23-5-6-27-19)7-15(20)18(17)26-11-13-3-4-14(22)9-16(13)21/h3-9H,2,10-11H2,1H3,(H,23,24). The van der Waals surface area contributed by atoms with Crippen LogP contribution in [0.2, 0.25) is 5.02 Å². The number of anilines is 1. The molecule has 2 aromatic carbocycles. The maximum atomic E-state index is 13.2. The molecule has 0 bridgehead atoms. The molecule has 0 spiro atoms. The second-order valence-corrected chi connectivity index (χ2v) is 7.71. The normalized spacial score (nSPS) is 10.7. The molecule has 3 rings (SSSR count). The first kappa shape index (κ1) is 19.9. The van der Waals surface area contributed by atoms with Gasteiger partial charge in [-0.15, -0.1) is 11.3 Å². The average Bonchev–Trinajstić information content (AvgIpc) is 3.14. The van der Waals surface area contributed by atoms with Gasteiger partial charge in [-0.2, -0.15) is 0 Å². The van der Waals surface area contributed by atoms with E-state index in [9.17, 15) is 4.39 Å². The Kier molecular flexibility index (Phi) is 6.93. The second-order valence-electron chi connectivity index (χ2n) is 5.55. The molecule has 1 heterocycles. The van der Waals surface area contributed by atoms with Gasteiger partial charge in [-0.25, -0.2) is 9.37 Å². The van der Waals surface area contributed by atoms with Crippen LogP contribution in [0.15, 0.2) is 46.4 Å². The zero-order valence-corrected chi connectivity index (χ0v) is 17.6. The average molecular weight is 472 g/mol. The SMILES string of the molecule is CCOc1cc(CNc2nccs2)cc(Br)c1OCc1ccc(F)cc1Cl. The molecule has 142 valence electrons. The van der Waals surface area contributed by atoms with Crippen molar-refractivity contribution in [1.29, 1.82) is 0 Å². The molecule has 0 saturated heterocycles. The van der Waals surface area contributed by atoms with E-state index in [1.54, 1.807) is 23.6 Å². The van der Waals surface area contributed by atoms with Crippen LogP contribution in [0.25, 0.3) is 0 Å². The number of thiazole rings is 1. The molecule has 0 aliphatic rings. The van der Waals surface area contributed by atoms with Crippen molar-refractivity contribution in [3.63, 3.8) is 0 Å². The number of benzene rings is 2. The van der Waals surface area contributed by atoms with Gasteiger partial charge in [0.1, 0.15) is 12.4 Å². The van der Waals surface area contributed by atoms with Crippen LogP contribution >= 0.6 is 38.9 Å². The highest BCUT2D eigenvalue weighted by atomic mass is 79.9. The number of hydrogen-bond donors (Lipinski definition) is 1. The molecule has 0 saturated carbocycles. The van der Waals surface area contributed by atoms with Gasteiger partial charge in [0.05, 0.1) is 16.1 Å². The summed E-state index contributed by atoms with van der Waals surface area (Å²) in [6.45, 7) is 3.23. The summed E-state index contributed by atoms with van der Waals surface area (Å²) in [6, 6.07) is 8.13. The third-order valence-corrected chi connectivity index (χ3v) is 5.30. The summed E-state index contributed by atoms with van der Waals surface area (Å²) < 4.78 is 25.6. The van der Waals surface area contributed by atoms with E-state index in [4.69, 9.17) is 21.1 Å². The van der Waals surface area contributed by atoms with Crippen LogP contribution in [-0.2, 0) is 13.2 Å². The first-order chi connectivity index (χ1) is 13.1. The van der Waals surface area contributed by atoms with Crippen LogP contribution in [0.5, 0.6) is 11.5 Å². The van der Waals surface area contributed by atoms with E-state index >= 15 is 0 Å². The Hall–Kier alpha value is -1.83. The summed E-state index contributed by atoms with van der Waals surface area (Å²) in [5, 5.41) is 6.37. The summed E-state index contributed by atoms with van der Waals surface area (Å²) >= 11 is 11.2. The molecule has 0 aliphatic carbocycles. The third-order valence-electron chi connectivity index (χ3n) is 3.63. The van der Waals surface area contributed by atoms with Crippen molar-refractivity contribution in [2.75, 3.05) is 11.9 Å². The Morgan fingerprint density at radius 3 is 2.81 bits per heavy atom. The van der Waals surface area contributed by atoms with Gasteiger partial charge in [-0.1, -0.05) is 17.7 Å². The molecule has 3 aromatic rings. The Bertz CT molecular complexity index is 909. The van der Waals surface area contributed by atoms with Gasteiger partial charge in [0, 0.05) is 23.7 Å². The molecular weight excluding hydrogens is 455 g/mol. The molecule has 27 heavy (non-hydrogen) atoms. The van der Waals surface area contributed by atoms with Crippen molar-refractivity contribution in [2.45, 2.75) is 20.1 Å². The van der Waals surface area contributed by atoms with Gasteiger partial charge >= 0.3 is 0 Å². The van der Waals surface area contributed by atoms with E-state index in [-0.39, 0.29) is 12.4 Å². The molecular formula is C19H17BrClFN2O2S. The zero-order chi connectivity index (χ0) is 19.2. The van der Waals surface area contributed by atoms with Gasteiger partial charge in [-0.05, 0) is 52.7 Å². The number of ether oxygens (including phenoxy) is 2. The molecule has 0 unspecified atom stereocenters. The van der Waals surface area contributed by atoms with Gasteiger partial charge in [-0.3, -0.25) is 0 Å². The van der Waals surface area contributed by atoms with Crippen LogP contribution < -0.4 is 14.8 Å². The molecule has 0 aliphatic heterocycles. The van der Waals surface area contributed by atoms with E-state index in [0.29, 0.717) is 35.2 Å². The number of halogens is 3. The summed E-state index contributed by atoms with van der Waals surface area (Å²) in [4.78, 5) is 4.21. The number of rotatable bonds is 8. The van der Waals surface area contributed by atoms with Gasteiger partial charge in [0.2, 0.25) is 0 Å². The fourth-order valence-corrected chi connectivity index (χ4v) is 3.76. The Morgan fingerprint density at radius 2 is 2.11 bits per heavy atom. The van der Waals surface area contributed by atoms with Crippen molar-refractivity contribution < 1.29 is 13.9 Å². The van der Waals surface area contributed by atoms with E-state index in [1.807, 2.05) is 24.4 Å². The van der Waals surface area contributed by atoms with Crippen molar-refractivity contribution >= 4 is 44.0 Å². The highest BCUT2D eigenvalue weighted by molar-refractivity contribution is 9.10. The lowest BCUT2D eigenvalue weighted by Gasteiger charge is -2.16. The van der Waals surface area contributed by atoms with E-state index in [2.05, 4.69) is 26.2 Å². The van der Waals surface area contributed by atoms with Gasteiger partial charge < -0.3 is 14.8 Å².